The van der Waals surface area contributed by atoms with Gasteiger partial charge in [-0.25, -0.2) is 0 Å². The van der Waals surface area contributed by atoms with Crippen LogP contribution in [0.25, 0.3) is 0 Å². The lowest BCUT2D eigenvalue weighted by molar-refractivity contribution is -0.123. The van der Waals surface area contributed by atoms with E-state index in [1.807, 2.05) is 0 Å². The van der Waals surface area contributed by atoms with Crippen LogP contribution in [0.2, 0.25) is 0 Å². The number of rotatable bonds is 4. The smallest absolute Gasteiger partial charge is 0.220 e. The maximum atomic E-state index is 11.1. The third kappa shape index (κ3) is 3.35. The second kappa shape index (κ2) is 5.22. The molecule has 76 valence electrons. The standard InChI is InChI=1S/C10H19NO2/c1-2-8(7-12)6-9-4-3-5-10(13)11-9/h8-9,12H,2-7H2,1H3,(H,11,13). The fourth-order valence-corrected chi connectivity index (χ4v) is 1.83. The second-order valence-corrected chi connectivity index (χ2v) is 3.85. The topological polar surface area (TPSA) is 49.3 Å². The van der Waals surface area contributed by atoms with Gasteiger partial charge >= 0.3 is 0 Å². The fraction of sp³-hybridized carbons (Fsp3) is 0.900. The molecule has 0 aliphatic carbocycles. The molecule has 0 spiro atoms. The number of hydrogen-bond acceptors (Lipinski definition) is 2. The number of amides is 1. The number of carbonyl (C=O) groups is 1. The lowest BCUT2D eigenvalue weighted by atomic mass is 9.93. The molecule has 1 aliphatic rings. The molecule has 0 radical (unpaired) electrons. The Bertz CT molecular complexity index is 166. The molecule has 2 atom stereocenters. The molecule has 1 saturated heterocycles. The third-order valence-corrected chi connectivity index (χ3v) is 2.77. The fourth-order valence-electron chi connectivity index (χ4n) is 1.83. The van der Waals surface area contributed by atoms with Crippen molar-refractivity contribution in [2.24, 2.45) is 5.92 Å². The average Bonchev–Trinajstić information content (AvgIpc) is 2.14. The van der Waals surface area contributed by atoms with Crippen LogP contribution < -0.4 is 5.32 Å². The first kappa shape index (κ1) is 10.5. The molecule has 0 aromatic heterocycles. The van der Waals surface area contributed by atoms with E-state index in [4.69, 9.17) is 5.11 Å². The number of hydrogen-bond donors (Lipinski definition) is 2. The second-order valence-electron chi connectivity index (χ2n) is 3.85. The van der Waals surface area contributed by atoms with Gasteiger partial charge in [0.15, 0.2) is 0 Å². The van der Waals surface area contributed by atoms with Gasteiger partial charge in [-0.05, 0) is 25.2 Å². The quantitative estimate of drug-likeness (QED) is 0.688. The van der Waals surface area contributed by atoms with Gasteiger partial charge in [0, 0.05) is 19.1 Å². The molecule has 13 heavy (non-hydrogen) atoms. The van der Waals surface area contributed by atoms with Crippen molar-refractivity contribution in [3.8, 4) is 0 Å². The maximum absolute atomic E-state index is 11.1. The minimum absolute atomic E-state index is 0.170. The summed E-state index contributed by atoms with van der Waals surface area (Å²) in [7, 11) is 0. The first-order valence-corrected chi connectivity index (χ1v) is 5.16. The summed E-state index contributed by atoms with van der Waals surface area (Å²) < 4.78 is 0. The molecule has 1 heterocycles. The molecule has 0 bridgehead atoms. The summed E-state index contributed by atoms with van der Waals surface area (Å²) in [6.45, 7) is 2.31. The highest BCUT2D eigenvalue weighted by Gasteiger charge is 2.20. The van der Waals surface area contributed by atoms with Crippen LogP contribution in [0.15, 0.2) is 0 Å². The average molecular weight is 185 g/mol. The van der Waals surface area contributed by atoms with Crippen LogP contribution in [-0.4, -0.2) is 23.7 Å². The molecular weight excluding hydrogens is 166 g/mol. The summed E-state index contributed by atoms with van der Waals surface area (Å²) in [4.78, 5) is 11.1. The Morgan fingerprint density at radius 2 is 2.46 bits per heavy atom. The molecule has 2 N–H and O–H groups in total. The van der Waals surface area contributed by atoms with E-state index in [0.717, 1.165) is 25.7 Å². The number of aliphatic hydroxyl groups excluding tert-OH is 1. The van der Waals surface area contributed by atoms with Crippen molar-refractivity contribution in [3.05, 3.63) is 0 Å². The van der Waals surface area contributed by atoms with Crippen LogP contribution >= 0.6 is 0 Å². The van der Waals surface area contributed by atoms with Crippen LogP contribution in [0.5, 0.6) is 0 Å². The zero-order valence-corrected chi connectivity index (χ0v) is 8.25. The molecule has 1 amide bonds. The van der Waals surface area contributed by atoms with Crippen LogP contribution in [-0.2, 0) is 4.79 Å². The van der Waals surface area contributed by atoms with Gasteiger partial charge in [0.05, 0.1) is 0 Å². The molecule has 3 heteroatoms. The van der Waals surface area contributed by atoms with E-state index in [1.54, 1.807) is 0 Å². The van der Waals surface area contributed by atoms with E-state index in [9.17, 15) is 4.79 Å². The van der Waals surface area contributed by atoms with E-state index in [2.05, 4.69) is 12.2 Å². The van der Waals surface area contributed by atoms with E-state index in [1.165, 1.54) is 0 Å². The summed E-state index contributed by atoms with van der Waals surface area (Å²) in [5, 5.41) is 12.0. The summed E-state index contributed by atoms with van der Waals surface area (Å²) in [5.74, 6) is 0.521. The monoisotopic (exact) mass is 185 g/mol. The number of carbonyl (C=O) groups excluding carboxylic acids is 1. The van der Waals surface area contributed by atoms with E-state index < -0.39 is 0 Å². The molecule has 2 unspecified atom stereocenters. The normalized spacial score (nSPS) is 25.4. The SMILES string of the molecule is CCC(CO)CC1CCCC(=O)N1. The highest BCUT2D eigenvalue weighted by atomic mass is 16.3. The Morgan fingerprint density at radius 1 is 1.69 bits per heavy atom. The van der Waals surface area contributed by atoms with Crippen molar-refractivity contribution in [2.45, 2.75) is 45.1 Å². The molecular formula is C10H19NO2. The summed E-state index contributed by atoms with van der Waals surface area (Å²) in [6, 6.07) is 0.304. The van der Waals surface area contributed by atoms with Gasteiger partial charge < -0.3 is 10.4 Å². The van der Waals surface area contributed by atoms with Crippen molar-refractivity contribution >= 4 is 5.91 Å². The number of nitrogens with one attached hydrogen (secondary N) is 1. The lowest BCUT2D eigenvalue weighted by Gasteiger charge is -2.26. The van der Waals surface area contributed by atoms with Gasteiger partial charge in [-0.3, -0.25) is 4.79 Å². The zero-order valence-electron chi connectivity index (χ0n) is 8.25. The van der Waals surface area contributed by atoms with Crippen LogP contribution in [0.3, 0.4) is 0 Å². The van der Waals surface area contributed by atoms with Gasteiger partial charge in [-0.2, -0.15) is 0 Å². The van der Waals surface area contributed by atoms with Crippen LogP contribution in [0.1, 0.15) is 39.0 Å². The largest absolute Gasteiger partial charge is 0.396 e. The van der Waals surface area contributed by atoms with E-state index in [-0.39, 0.29) is 12.5 Å². The lowest BCUT2D eigenvalue weighted by Crippen LogP contribution is -2.40. The van der Waals surface area contributed by atoms with Gasteiger partial charge in [0.25, 0.3) is 0 Å². The van der Waals surface area contributed by atoms with Crippen molar-refractivity contribution < 1.29 is 9.90 Å². The van der Waals surface area contributed by atoms with E-state index >= 15 is 0 Å². The molecule has 3 nitrogen and oxygen atoms in total. The van der Waals surface area contributed by atoms with Gasteiger partial charge in [-0.15, -0.1) is 0 Å². The summed E-state index contributed by atoms with van der Waals surface area (Å²) in [6.07, 6.45) is 4.66. The van der Waals surface area contributed by atoms with Crippen LogP contribution in [0, 0.1) is 5.92 Å². The Kier molecular flexibility index (Phi) is 4.22. The predicted molar refractivity (Wildman–Crippen MR) is 51.3 cm³/mol. The molecule has 1 rings (SSSR count). The van der Waals surface area contributed by atoms with Crippen molar-refractivity contribution in [2.75, 3.05) is 6.61 Å². The zero-order chi connectivity index (χ0) is 9.68. The third-order valence-electron chi connectivity index (χ3n) is 2.77. The van der Waals surface area contributed by atoms with Crippen molar-refractivity contribution in [3.63, 3.8) is 0 Å². The highest BCUT2D eigenvalue weighted by Crippen LogP contribution is 2.17. The van der Waals surface area contributed by atoms with Gasteiger partial charge in [0.1, 0.15) is 0 Å². The predicted octanol–water partition coefficient (Wildman–Crippen LogP) is 1.06. The van der Waals surface area contributed by atoms with Crippen molar-refractivity contribution in [1.82, 2.24) is 5.32 Å². The first-order chi connectivity index (χ1) is 6.26. The van der Waals surface area contributed by atoms with E-state index in [0.29, 0.717) is 18.4 Å². The number of piperidine rings is 1. The highest BCUT2D eigenvalue weighted by molar-refractivity contribution is 5.76. The molecule has 0 aromatic carbocycles. The van der Waals surface area contributed by atoms with Crippen LogP contribution in [0.4, 0.5) is 0 Å². The summed E-state index contributed by atoms with van der Waals surface area (Å²) >= 11 is 0. The first-order valence-electron chi connectivity index (χ1n) is 5.16. The van der Waals surface area contributed by atoms with Gasteiger partial charge in [0.2, 0.25) is 5.91 Å². The minimum atomic E-state index is 0.170. The Hall–Kier alpha value is -0.570. The molecule has 1 aliphatic heterocycles. The minimum Gasteiger partial charge on any atom is -0.396 e. The summed E-state index contributed by atoms with van der Waals surface area (Å²) in [5.41, 5.74) is 0. The molecule has 0 saturated carbocycles. The van der Waals surface area contributed by atoms with Gasteiger partial charge in [-0.1, -0.05) is 13.3 Å². The Balaban J connectivity index is 2.30. The van der Waals surface area contributed by atoms with Crippen molar-refractivity contribution in [1.29, 1.82) is 0 Å². The molecule has 0 aromatic rings. The Morgan fingerprint density at radius 3 is 3.00 bits per heavy atom. The maximum Gasteiger partial charge on any atom is 0.220 e. The Labute approximate surface area is 79.5 Å². The molecule has 1 fully saturated rings. The number of aliphatic hydroxyl groups is 1.